The average molecular weight is 448 g/mol. The molecule has 0 aliphatic carbocycles. The van der Waals surface area contributed by atoms with E-state index in [1.807, 2.05) is 38.1 Å². The summed E-state index contributed by atoms with van der Waals surface area (Å²) in [5.74, 6) is 2.16. The third-order valence-electron chi connectivity index (χ3n) is 5.05. The van der Waals surface area contributed by atoms with Gasteiger partial charge in [0.2, 0.25) is 5.82 Å². The topological polar surface area (TPSA) is 112 Å². The molecule has 0 radical (unpaired) electrons. The summed E-state index contributed by atoms with van der Waals surface area (Å²) in [5.41, 5.74) is 1.48. The van der Waals surface area contributed by atoms with Gasteiger partial charge in [-0.15, -0.1) is 0 Å². The monoisotopic (exact) mass is 448 g/mol. The van der Waals surface area contributed by atoms with Crippen LogP contribution in [0.1, 0.15) is 25.3 Å². The van der Waals surface area contributed by atoms with E-state index in [-0.39, 0.29) is 5.92 Å². The number of hydrogen-bond acceptors (Lipinski definition) is 7. The van der Waals surface area contributed by atoms with Crippen molar-refractivity contribution in [3.05, 3.63) is 68.6 Å². The van der Waals surface area contributed by atoms with Crippen molar-refractivity contribution >= 4 is 23.2 Å². The van der Waals surface area contributed by atoms with E-state index >= 15 is 0 Å². The maximum absolute atomic E-state index is 12.3. The molecular weight excluding hydrogens is 424 g/mol. The second-order valence-electron chi connectivity index (χ2n) is 7.90. The molecule has 4 aromatic rings. The number of aromatic amines is 1. The van der Waals surface area contributed by atoms with Gasteiger partial charge in [-0.05, 0) is 47.9 Å². The zero-order valence-electron chi connectivity index (χ0n) is 18.8. The Kier molecular flexibility index (Phi) is 6.12. The first-order valence-corrected chi connectivity index (χ1v) is 10.4. The van der Waals surface area contributed by atoms with E-state index in [0.29, 0.717) is 46.4 Å². The van der Waals surface area contributed by atoms with Crippen LogP contribution in [0, 0.1) is 5.92 Å². The van der Waals surface area contributed by atoms with Gasteiger partial charge in [0.25, 0.3) is 5.89 Å². The first kappa shape index (κ1) is 22.1. The lowest BCUT2D eigenvalue weighted by Gasteiger charge is -2.12. The Labute approximate surface area is 189 Å². The third-order valence-corrected chi connectivity index (χ3v) is 5.05. The summed E-state index contributed by atoms with van der Waals surface area (Å²) in [7, 11) is 3.16. The van der Waals surface area contributed by atoms with Gasteiger partial charge in [0.1, 0.15) is 0 Å². The van der Waals surface area contributed by atoms with Crippen molar-refractivity contribution in [3.8, 4) is 22.9 Å². The Balaban J connectivity index is 1.64. The summed E-state index contributed by atoms with van der Waals surface area (Å²) < 4.78 is 17.4. The molecular formula is C24H24N4O5. The zero-order valence-corrected chi connectivity index (χ0v) is 18.8. The minimum Gasteiger partial charge on any atom is -0.493 e. The van der Waals surface area contributed by atoms with Gasteiger partial charge in [-0.2, -0.15) is 4.98 Å². The highest BCUT2D eigenvalue weighted by Crippen LogP contribution is 2.28. The summed E-state index contributed by atoms with van der Waals surface area (Å²) in [6, 6.07) is 10.8. The van der Waals surface area contributed by atoms with Gasteiger partial charge in [-0.25, -0.2) is 0 Å². The molecule has 0 unspecified atom stereocenters. The molecule has 2 heterocycles. The highest BCUT2D eigenvalue weighted by atomic mass is 16.5. The number of benzene rings is 2. The lowest BCUT2D eigenvalue weighted by Crippen LogP contribution is -2.37. The number of methoxy groups -OCH3 is 2. The first-order chi connectivity index (χ1) is 15.9. The van der Waals surface area contributed by atoms with E-state index in [9.17, 15) is 9.59 Å². The quantitative estimate of drug-likeness (QED) is 0.430. The van der Waals surface area contributed by atoms with Crippen LogP contribution in [-0.4, -0.2) is 33.9 Å². The van der Waals surface area contributed by atoms with Gasteiger partial charge >= 0.3 is 11.1 Å². The third kappa shape index (κ3) is 4.57. The number of H-pyrrole nitrogens is 1. The smallest absolute Gasteiger partial charge is 0.316 e. The lowest BCUT2D eigenvalue weighted by atomic mass is 10.1. The average Bonchev–Trinajstić information content (AvgIpc) is 3.29. The molecule has 9 heteroatoms. The predicted molar refractivity (Wildman–Crippen MR) is 125 cm³/mol. The second kappa shape index (κ2) is 9.15. The summed E-state index contributed by atoms with van der Waals surface area (Å²) in [5, 5.41) is 4.03. The second-order valence-corrected chi connectivity index (χ2v) is 7.90. The van der Waals surface area contributed by atoms with Crippen LogP contribution in [0.15, 0.2) is 50.5 Å². The number of aromatic nitrogens is 4. The largest absolute Gasteiger partial charge is 0.493 e. The number of nitrogens with zero attached hydrogens (tertiary/aromatic N) is 3. The molecule has 0 saturated carbocycles. The summed E-state index contributed by atoms with van der Waals surface area (Å²) in [6.07, 6.45) is 3.52. The van der Waals surface area contributed by atoms with Crippen LogP contribution >= 0.6 is 0 Å². The molecule has 0 bridgehead atoms. The van der Waals surface area contributed by atoms with Crippen molar-refractivity contribution in [2.24, 2.45) is 5.92 Å². The van der Waals surface area contributed by atoms with Crippen LogP contribution in [0.25, 0.3) is 34.6 Å². The summed E-state index contributed by atoms with van der Waals surface area (Å²) >= 11 is 0. The van der Waals surface area contributed by atoms with Crippen molar-refractivity contribution in [1.29, 1.82) is 0 Å². The Morgan fingerprint density at radius 2 is 1.85 bits per heavy atom. The predicted octanol–water partition coefficient (Wildman–Crippen LogP) is 3.58. The van der Waals surface area contributed by atoms with Crippen LogP contribution in [-0.2, 0) is 6.54 Å². The number of ether oxygens (including phenoxy) is 2. The van der Waals surface area contributed by atoms with E-state index in [4.69, 9.17) is 14.0 Å². The van der Waals surface area contributed by atoms with Gasteiger partial charge in [-0.1, -0.05) is 25.1 Å². The Morgan fingerprint density at radius 3 is 2.58 bits per heavy atom. The van der Waals surface area contributed by atoms with Crippen LogP contribution in [0.5, 0.6) is 11.5 Å². The molecule has 4 rings (SSSR count). The molecule has 2 aromatic carbocycles. The molecule has 0 fully saturated rings. The van der Waals surface area contributed by atoms with Gasteiger partial charge in [0, 0.05) is 18.2 Å². The molecule has 0 amide bonds. The molecule has 0 atom stereocenters. The molecule has 0 saturated heterocycles. The summed E-state index contributed by atoms with van der Waals surface area (Å²) in [6.45, 7) is 4.43. The van der Waals surface area contributed by atoms with E-state index in [0.717, 1.165) is 5.56 Å². The van der Waals surface area contributed by atoms with Crippen LogP contribution in [0.2, 0.25) is 0 Å². The molecule has 33 heavy (non-hydrogen) atoms. The molecule has 1 N–H and O–H groups in total. The lowest BCUT2D eigenvalue weighted by molar-refractivity contribution is 0.355. The van der Waals surface area contributed by atoms with Gasteiger partial charge in [-0.3, -0.25) is 9.59 Å². The Morgan fingerprint density at radius 1 is 1.06 bits per heavy atom. The van der Waals surface area contributed by atoms with E-state index in [1.54, 1.807) is 38.5 Å². The Hall–Kier alpha value is -4.14. The van der Waals surface area contributed by atoms with E-state index in [1.165, 1.54) is 4.57 Å². The number of fused-ring (bicyclic) bond motifs is 1. The fraction of sp³-hybridized carbons (Fsp3) is 0.250. The highest BCUT2D eigenvalue weighted by Gasteiger charge is 2.13. The van der Waals surface area contributed by atoms with Crippen molar-refractivity contribution in [1.82, 2.24) is 19.7 Å². The maximum atomic E-state index is 12.3. The van der Waals surface area contributed by atoms with E-state index in [2.05, 4.69) is 15.1 Å². The van der Waals surface area contributed by atoms with Gasteiger partial charge in [0.15, 0.2) is 11.5 Å². The van der Waals surface area contributed by atoms with Crippen molar-refractivity contribution in [2.75, 3.05) is 14.2 Å². The van der Waals surface area contributed by atoms with Crippen molar-refractivity contribution in [2.45, 2.75) is 20.4 Å². The van der Waals surface area contributed by atoms with Crippen molar-refractivity contribution in [3.63, 3.8) is 0 Å². The minimum atomic E-state index is -0.660. The number of hydrogen-bond donors (Lipinski definition) is 1. The SMILES string of the molecule is COc1ccc(/C=C/c2nc(-c3ccc4c(c3)[nH]c(=O)c(=O)n4CC(C)C)no2)cc1OC. The normalized spacial score (nSPS) is 11.5. The Bertz CT molecular complexity index is 1450. The zero-order chi connectivity index (χ0) is 23.5. The molecule has 0 spiro atoms. The minimum absolute atomic E-state index is 0.213. The standard InChI is InChI=1S/C24H24N4O5/c1-14(2)13-28-18-8-7-16(12-17(18)25-23(29)24(28)30)22-26-21(33-27-22)10-6-15-5-9-19(31-3)20(11-15)32-4/h5-12,14H,13H2,1-4H3,(H,25,29)/b10-6+. The first-order valence-electron chi connectivity index (χ1n) is 10.4. The van der Waals surface area contributed by atoms with Gasteiger partial charge in [0.05, 0.1) is 25.3 Å². The maximum Gasteiger partial charge on any atom is 0.316 e. The molecule has 2 aromatic heterocycles. The summed E-state index contributed by atoms with van der Waals surface area (Å²) in [4.78, 5) is 31.5. The molecule has 0 aliphatic rings. The van der Waals surface area contributed by atoms with E-state index < -0.39 is 11.1 Å². The fourth-order valence-corrected chi connectivity index (χ4v) is 3.51. The highest BCUT2D eigenvalue weighted by molar-refractivity contribution is 5.80. The van der Waals surface area contributed by atoms with Gasteiger partial charge < -0.3 is 23.5 Å². The van der Waals surface area contributed by atoms with Crippen LogP contribution < -0.4 is 20.6 Å². The molecule has 0 aliphatic heterocycles. The number of nitrogens with one attached hydrogen (secondary N) is 1. The molecule has 9 nitrogen and oxygen atoms in total. The fourth-order valence-electron chi connectivity index (χ4n) is 3.51. The van der Waals surface area contributed by atoms with Crippen LogP contribution in [0.4, 0.5) is 0 Å². The van der Waals surface area contributed by atoms with Crippen LogP contribution in [0.3, 0.4) is 0 Å². The number of rotatable bonds is 7. The van der Waals surface area contributed by atoms with Crippen molar-refractivity contribution < 1.29 is 14.0 Å². The molecule has 170 valence electrons.